The fraction of sp³-hybridized carbons (Fsp3) is 0.0769. The maximum absolute atomic E-state index is 12.3. The summed E-state index contributed by atoms with van der Waals surface area (Å²) in [5, 5.41) is 20.1. The molecule has 0 fully saturated rings. The molecular weight excluding hydrogens is 531 g/mol. The van der Waals surface area contributed by atoms with Crippen molar-refractivity contribution in [2.45, 2.75) is 12.8 Å². The highest BCUT2D eigenvalue weighted by Gasteiger charge is 2.13. The van der Waals surface area contributed by atoms with Gasteiger partial charge in [-0.2, -0.15) is 0 Å². The first-order valence-corrected chi connectivity index (χ1v) is 11.0. The Labute approximate surface area is 230 Å². The SMILES string of the molecule is Cl.Cl.N=C(N)c1ccc(-c2ccc(NC(=O)CCC(=O)Nc3ccc(-c4ccc(C(=N)N)cc4)o3)o2)cc1. The van der Waals surface area contributed by atoms with Crippen molar-refractivity contribution >= 4 is 60.1 Å². The first kappa shape index (κ1) is 29.7. The van der Waals surface area contributed by atoms with Crippen LogP contribution >= 0.6 is 24.8 Å². The lowest BCUT2D eigenvalue weighted by molar-refractivity contribution is -0.121. The second-order valence-electron chi connectivity index (χ2n) is 7.91. The van der Waals surface area contributed by atoms with Crippen LogP contribution < -0.4 is 22.1 Å². The summed E-state index contributed by atoms with van der Waals surface area (Å²) in [6.45, 7) is 0. The number of amidine groups is 2. The van der Waals surface area contributed by atoms with Gasteiger partial charge in [0.1, 0.15) is 23.2 Å². The van der Waals surface area contributed by atoms with Gasteiger partial charge in [0.2, 0.25) is 11.8 Å². The zero-order valence-corrected chi connectivity index (χ0v) is 21.6. The smallest absolute Gasteiger partial charge is 0.227 e. The average molecular weight is 557 g/mol. The van der Waals surface area contributed by atoms with Crippen molar-refractivity contribution in [2.24, 2.45) is 11.5 Å². The molecule has 2 aromatic heterocycles. The molecule has 0 aliphatic carbocycles. The number of hydrogen-bond donors (Lipinski definition) is 6. The third-order valence-corrected chi connectivity index (χ3v) is 5.28. The Balaban J connectivity index is 0.00000253. The van der Waals surface area contributed by atoms with E-state index < -0.39 is 0 Å². The van der Waals surface area contributed by atoms with Crippen molar-refractivity contribution < 1.29 is 18.4 Å². The van der Waals surface area contributed by atoms with E-state index >= 15 is 0 Å². The van der Waals surface area contributed by atoms with Crippen LogP contribution in [-0.4, -0.2) is 23.5 Å². The van der Waals surface area contributed by atoms with Gasteiger partial charge in [-0.05, 0) is 12.1 Å². The van der Waals surface area contributed by atoms with Crippen LogP contribution in [0.25, 0.3) is 22.6 Å². The van der Waals surface area contributed by atoms with Crippen molar-refractivity contribution in [1.82, 2.24) is 0 Å². The van der Waals surface area contributed by atoms with E-state index in [1.165, 1.54) is 0 Å². The standard InChI is InChI=1S/C26H24N6O4.2ClH/c27-25(28)17-5-1-15(2-6-17)19-9-13-23(35-19)31-21(33)11-12-22(34)32-24-14-10-20(36-24)16-3-7-18(8-4-16)26(29)30;;/h1-10,13-14H,11-12H2,(H3,27,28)(H3,29,30)(H,31,33)(H,32,34);2*1H. The molecule has 198 valence electrons. The largest absolute Gasteiger partial charge is 0.440 e. The van der Waals surface area contributed by atoms with Crippen LogP contribution in [0.15, 0.2) is 81.6 Å². The summed E-state index contributed by atoms with van der Waals surface area (Å²) in [7, 11) is 0. The van der Waals surface area contributed by atoms with Crippen LogP contribution in [0.1, 0.15) is 24.0 Å². The zero-order valence-electron chi connectivity index (χ0n) is 19.9. The van der Waals surface area contributed by atoms with Crippen LogP contribution in [0.5, 0.6) is 0 Å². The maximum atomic E-state index is 12.3. The van der Waals surface area contributed by atoms with E-state index in [-0.39, 0.29) is 72.9 Å². The monoisotopic (exact) mass is 556 g/mol. The molecule has 4 aromatic rings. The molecule has 0 saturated carbocycles. The van der Waals surface area contributed by atoms with Gasteiger partial charge < -0.3 is 20.3 Å². The number of nitrogens with two attached hydrogens (primary N) is 2. The summed E-state index contributed by atoms with van der Waals surface area (Å²) in [5.41, 5.74) is 13.7. The Morgan fingerprint density at radius 3 is 1.26 bits per heavy atom. The topological polar surface area (TPSA) is 184 Å². The number of anilines is 2. The molecule has 10 nitrogen and oxygen atoms in total. The number of hydrogen-bond acceptors (Lipinski definition) is 6. The van der Waals surface area contributed by atoms with Crippen molar-refractivity contribution in [1.29, 1.82) is 10.8 Å². The summed E-state index contributed by atoms with van der Waals surface area (Å²) >= 11 is 0. The molecule has 38 heavy (non-hydrogen) atoms. The lowest BCUT2D eigenvalue weighted by atomic mass is 10.1. The van der Waals surface area contributed by atoms with Crippen LogP contribution in [0.4, 0.5) is 11.8 Å². The Morgan fingerprint density at radius 2 is 0.947 bits per heavy atom. The fourth-order valence-corrected chi connectivity index (χ4v) is 3.38. The molecule has 2 amide bonds. The molecule has 0 atom stereocenters. The molecule has 4 rings (SSSR count). The molecule has 8 N–H and O–H groups in total. The Morgan fingerprint density at radius 1 is 0.605 bits per heavy atom. The quantitative estimate of drug-likeness (QED) is 0.125. The Kier molecular flexibility index (Phi) is 10.3. The van der Waals surface area contributed by atoms with E-state index in [2.05, 4.69) is 10.6 Å². The molecule has 0 aliphatic heterocycles. The summed E-state index contributed by atoms with van der Waals surface area (Å²) in [4.78, 5) is 24.5. The number of nitrogens with one attached hydrogen (secondary N) is 4. The molecular formula is C26H26Cl2N6O4. The van der Waals surface area contributed by atoms with Gasteiger partial charge in [0.15, 0.2) is 11.8 Å². The number of rotatable bonds is 9. The van der Waals surface area contributed by atoms with Crippen LogP contribution in [0.3, 0.4) is 0 Å². The Hall–Kier alpha value is -4.54. The number of carbonyl (C=O) groups is 2. The number of halogens is 2. The summed E-state index contributed by atoms with van der Waals surface area (Å²) in [6.07, 6.45) is -0.0928. The first-order chi connectivity index (χ1) is 17.3. The van der Waals surface area contributed by atoms with E-state index in [0.717, 1.165) is 11.1 Å². The van der Waals surface area contributed by atoms with Crippen LogP contribution in [0, 0.1) is 10.8 Å². The molecule has 0 spiro atoms. The van der Waals surface area contributed by atoms with E-state index in [1.807, 2.05) is 0 Å². The minimum Gasteiger partial charge on any atom is -0.440 e. The number of carbonyl (C=O) groups excluding carboxylic acids is 2. The number of nitrogen functional groups attached to an aromatic ring is 2. The van der Waals surface area contributed by atoms with E-state index in [9.17, 15) is 9.59 Å². The van der Waals surface area contributed by atoms with E-state index in [0.29, 0.717) is 22.6 Å². The van der Waals surface area contributed by atoms with Crippen LogP contribution in [-0.2, 0) is 9.59 Å². The highest BCUT2D eigenvalue weighted by Crippen LogP contribution is 2.26. The van der Waals surface area contributed by atoms with Crippen molar-refractivity contribution in [3.05, 3.63) is 83.9 Å². The number of amides is 2. The van der Waals surface area contributed by atoms with Gasteiger partial charge in [0.25, 0.3) is 0 Å². The minimum atomic E-state index is -0.372. The third-order valence-electron chi connectivity index (χ3n) is 5.28. The highest BCUT2D eigenvalue weighted by atomic mass is 35.5. The Bertz CT molecular complexity index is 1320. The average Bonchev–Trinajstić information content (AvgIpc) is 3.53. The van der Waals surface area contributed by atoms with Gasteiger partial charge in [-0.1, -0.05) is 48.5 Å². The molecule has 0 radical (unpaired) electrons. The van der Waals surface area contributed by atoms with E-state index in [1.54, 1.807) is 72.8 Å². The second-order valence-corrected chi connectivity index (χ2v) is 7.91. The number of benzene rings is 2. The van der Waals surface area contributed by atoms with Gasteiger partial charge in [0, 0.05) is 47.2 Å². The summed E-state index contributed by atoms with van der Waals surface area (Å²) < 4.78 is 11.3. The number of furan rings is 2. The summed E-state index contributed by atoms with van der Waals surface area (Å²) in [5.74, 6) is 0.824. The molecule has 12 heteroatoms. The minimum absolute atomic E-state index is 0. The molecule has 2 heterocycles. The molecule has 0 aliphatic rings. The van der Waals surface area contributed by atoms with Gasteiger partial charge >= 0.3 is 0 Å². The lowest BCUT2D eigenvalue weighted by Crippen LogP contribution is -2.16. The zero-order chi connectivity index (χ0) is 25.7. The molecule has 0 unspecified atom stereocenters. The highest BCUT2D eigenvalue weighted by molar-refractivity contribution is 5.97. The van der Waals surface area contributed by atoms with Gasteiger partial charge in [-0.3, -0.25) is 31.0 Å². The van der Waals surface area contributed by atoms with Crippen molar-refractivity contribution in [2.75, 3.05) is 10.6 Å². The summed E-state index contributed by atoms with van der Waals surface area (Å²) in [6, 6.07) is 20.6. The molecule has 0 bridgehead atoms. The van der Waals surface area contributed by atoms with Gasteiger partial charge in [-0.15, -0.1) is 24.8 Å². The van der Waals surface area contributed by atoms with Gasteiger partial charge in [0.05, 0.1) is 0 Å². The fourth-order valence-electron chi connectivity index (χ4n) is 3.38. The second kappa shape index (κ2) is 13.1. The normalized spacial score (nSPS) is 10.0. The first-order valence-electron chi connectivity index (χ1n) is 11.0. The van der Waals surface area contributed by atoms with Crippen molar-refractivity contribution in [3.8, 4) is 22.6 Å². The van der Waals surface area contributed by atoms with Gasteiger partial charge in [-0.25, -0.2) is 0 Å². The van der Waals surface area contributed by atoms with Crippen molar-refractivity contribution in [3.63, 3.8) is 0 Å². The van der Waals surface area contributed by atoms with Crippen LogP contribution in [0.2, 0.25) is 0 Å². The third kappa shape index (κ3) is 7.48. The lowest BCUT2D eigenvalue weighted by Gasteiger charge is -2.04. The predicted molar refractivity (Wildman–Crippen MR) is 151 cm³/mol. The molecule has 2 aromatic carbocycles. The molecule has 0 saturated heterocycles. The van der Waals surface area contributed by atoms with E-state index in [4.69, 9.17) is 31.1 Å². The predicted octanol–water partition coefficient (Wildman–Crippen LogP) is 4.98. The maximum Gasteiger partial charge on any atom is 0.227 e.